The quantitative estimate of drug-likeness (QED) is 0.640. The van der Waals surface area contributed by atoms with Gasteiger partial charge in [-0.3, -0.25) is 0 Å². The molecule has 0 aromatic carbocycles. The lowest BCUT2D eigenvalue weighted by molar-refractivity contribution is 0.230. The molecule has 0 atom stereocenters. The van der Waals surface area contributed by atoms with E-state index in [0.717, 1.165) is 5.56 Å². The fourth-order valence-corrected chi connectivity index (χ4v) is 0.694. The molecule has 0 saturated heterocycles. The Labute approximate surface area is 66.4 Å². The first-order chi connectivity index (χ1) is 5.20. The Morgan fingerprint density at radius 1 is 1.55 bits per heavy atom. The average Bonchev–Trinajstić information content (AvgIpc) is 1.93. The molecule has 11 heavy (non-hydrogen) atoms. The van der Waals surface area contributed by atoms with Crippen molar-refractivity contribution in [2.75, 3.05) is 0 Å². The van der Waals surface area contributed by atoms with E-state index in [-0.39, 0.29) is 6.10 Å². The van der Waals surface area contributed by atoms with Gasteiger partial charge < -0.3 is 4.74 Å². The predicted molar refractivity (Wildman–Crippen MR) is 41.4 cm³/mol. The first-order valence-electron chi connectivity index (χ1n) is 3.56. The van der Waals surface area contributed by atoms with Crippen molar-refractivity contribution in [3.05, 3.63) is 18.1 Å². The second-order valence-corrected chi connectivity index (χ2v) is 2.58. The molecule has 0 saturated carbocycles. The maximum absolute atomic E-state index is 5.36. The Bertz CT molecular complexity index is 235. The lowest BCUT2D eigenvalue weighted by atomic mass is 10.4. The molecule has 0 aliphatic carbocycles. The second-order valence-electron chi connectivity index (χ2n) is 2.58. The van der Waals surface area contributed by atoms with E-state index in [1.54, 1.807) is 0 Å². The molecule has 1 rings (SSSR count). The van der Waals surface area contributed by atoms with Gasteiger partial charge in [0, 0.05) is 5.56 Å². The average molecular weight is 151 g/mol. The first kappa shape index (κ1) is 7.98. The van der Waals surface area contributed by atoms with Gasteiger partial charge in [-0.05, 0) is 20.8 Å². The Balaban J connectivity index is 2.78. The van der Waals surface area contributed by atoms with Crippen LogP contribution in [0.4, 0.5) is 0 Å². The standard InChI is InChI=1S/C8H11N2O/c1-6(2)11-8-7(3)4-9-5-10-8/h5-6H,1-3H3. The summed E-state index contributed by atoms with van der Waals surface area (Å²) >= 11 is 0. The number of ether oxygens (including phenoxy) is 1. The summed E-state index contributed by atoms with van der Waals surface area (Å²) in [5, 5.41) is 0. The molecular formula is C8H11N2O. The number of hydrogen-bond acceptors (Lipinski definition) is 3. The van der Waals surface area contributed by atoms with E-state index in [0.29, 0.717) is 5.88 Å². The van der Waals surface area contributed by atoms with Gasteiger partial charge in [-0.15, -0.1) is 0 Å². The molecule has 0 bridgehead atoms. The van der Waals surface area contributed by atoms with Gasteiger partial charge in [0.2, 0.25) is 5.88 Å². The number of aromatic nitrogens is 2. The first-order valence-corrected chi connectivity index (χ1v) is 3.56. The maximum atomic E-state index is 5.36. The van der Waals surface area contributed by atoms with Crippen molar-refractivity contribution >= 4 is 0 Å². The van der Waals surface area contributed by atoms with Gasteiger partial charge in [0.15, 0.2) is 0 Å². The van der Waals surface area contributed by atoms with Gasteiger partial charge in [0.05, 0.1) is 12.3 Å². The van der Waals surface area contributed by atoms with Gasteiger partial charge in [-0.1, -0.05) is 0 Å². The van der Waals surface area contributed by atoms with E-state index >= 15 is 0 Å². The molecule has 59 valence electrons. The lowest BCUT2D eigenvalue weighted by Crippen LogP contribution is -2.08. The molecule has 0 aliphatic heterocycles. The molecule has 3 nitrogen and oxygen atoms in total. The van der Waals surface area contributed by atoms with Crippen LogP contribution in [-0.2, 0) is 0 Å². The summed E-state index contributed by atoms with van der Waals surface area (Å²) in [6.45, 7) is 5.79. The van der Waals surface area contributed by atoms with E-state index < -0.39 is 0 Å². The smallest absolute Gasteiger partial charge is 0.220 e. The summed E-state index contributed by atoms with van der Waals surface area (Å²) in [6.07, 6.45) is 4.35. The Morgan fingerprint density at radius 3 is 2.82 bits per heavy atom. The second kappa shape index (κ2) is 3.32. The molecule has 1 heterocycles. The summed E-state index contributed by atoms with van der Waals surface area (Å²) in [4.78, 5) is 7.69. The molecular weight excluding hydrogens is 140 g/mol. The number of hydrogen-bond donors (Lipinski definition) is 0. The summed E-state index contributed by atoms with van der Waals surface area (Å²) < 4.78 is 5.36. The number of aryl methyl sites for hydroxylation is 1. The van der Waals surface area contributed by atoms with Crippen molar-refractivity contribution in [3.8, 4) is 5.88 Å². The monoisotopic (exact) mass is 151 g/mol. The van der Waals surface area contributed by atoms with Crippen LogP contribution >= 0.6 is 0 Å². The Hall–Kier alpha value is -1.12. The van der Waals surface area contributed by atoms with Crippen LogP contribution < -0.4 is 4.74 Å². The Morgan fingerprint density at radius 2 is 2.27 bits per heavy atom. The van der Waals surface area contributed by atoms with Crippen molar-refractivity contribution in [1.29, 1.82) is 0 Å². The van der Waals surface area contributed by atoms with Crippen LogP contribution in [0.3, 0.4) is 0 Å². The van der Waals surface area contributed by atoms with Crippen LogP contribution in [0.1, 0.15) is 19.4 Å². The van der Waals surface area contributed by atoms with Crippen LogP contribution in [0.25, 0.3) is 0 Å². The third-order valence-electron chi connectivity index (χ3n) is 1.13. The molecule has 3 heteroatoms. The fraction of sp³-hybridized carbons (Fsp3) is 0.500. The van der Waals surface area contributed by atoms with Crippen molar-refractivity contribution in [2.45, 2.75) is 26.9 Å². The third-order valence-corrected chi connectivity index (χ3v) is 1.13. The molecule has 1 aromatic rings. The normalized spacial score (nSPS) is 10.2. The third kappa shape index (κ3) is 2.18. The highest BCUT2D eigenvalue weighted by Crippen LogP contribution is 2.11. The number of rotatable bonds is 2. The largest absolute Gasteiger partial charge is 0.475 e. The van der Waals surface area contributed by atoms with Crippen molar-refractivity contribution in [3.63, 3.8) is 0 Å². The molecule has 0 aliphatic rings. The zero-order valence-electron chi connectivity index (χ0n) is 6.96. The zero-order chi connectivity index (χ0) is 8.27. The van der Waals surface area contributed by atoms with E-state index in [1.807, 2.05) is 20.8 Å². The van der Waals surface area contributed by atoms with Gasteiger partial charge in [-0.25, -0.2) is 9.97 Å². The minimum Gasteiger partial charge on any atom is -0.475 e. The van der Waals surface area contributed by atoms with Crippen molar-refractivity contribution in [2.24, 2.45) is 0 Å². The maximum Gasteiger partial charge on any atom is 0.220 e. The van der Waals surface area contributed by atoms with Crippen molar-refractivity contribution in [1.82, 2.24) is 9.97 Å². The molecule has 1 radical (unpaired) electrons. The van der Waals surface area contributed by atoms with Gasteiger partial charge >= 0.3 is 0 Å². The van der Waals surface area contributed by atoms with Crippen molar-refractivity contribution < 1.29 is 4.74 Å². The molecule has 0 amide bonds. The van der Waals surface area contributed by atoms with E-state index in [2.05, 4.69) is 16.2 Å². The topological polar surface area (TPSA) is 35.0 Å². The highest BCUT2D eigenvalue weighted by Gasteiger charge is 2.01. The number of nitrogens with zero attached hydrogens (tertiary/aromatic N) is 2. The van der Waals surface area contributed by atoms with Crippen LogP contribution in [0.15, 0.2) is 6.33 Å². The van der Waals surface area contributed by atoms with Crippen LogP contribution in [0, 0.1) is 13.1 Å². The molecule has 0 N–H and O–H groups in total. The Kier molecular flexibility index (Phi) is 2.41. The van der Waals surface area contributed by atoms with Gasteiger partial charge in [-0.2, -0.15) is 0 Å². The molecule has 1 aromatic heterocycles. The minimum atomic E-state index is 0.150. The molecule has 0 fully saturated rings. The predicted octanol–water partition coefficient (Wildman–Crippen LogP) is 1.37. The van der Waals surface area contributed by atoms with Crippen LogP contribution in [-0.4, -0.2) is 16.1 Å². The summed E-state index contributed by atoms with van der Waals surface area (Å²) in [6, 6.07) is 0. The minimum absolute atomic E-state index is 0.150. The summed E-state index contributed by atoms with van der Waals surface area (Å²) in [5.41, 5.74) is 0.848. The highest BCUT2D eigenvalue weighted by atomic mass is 16.5. The van der Waals surface area contributed by atoms with Gasteiger partial charge in [0.25, 0.3) is 0 Å². The van der Waals surface area contributed by atoms with E-state index in [1.165, 1.54) is 6.33 Å². The van der Waals surface area contributed by atoms with Crippen LogP contribution in [0.5, 0.6) is 5.88 Å². The van der Waals surface area contributed by atoms with E-state index in [4.69, 9.17) is 4.74 Å². The SMILES string of the molecule is Cc1[c]ncnc1OC(C)C. The summed E-state index contributed by atoms with van der Waals surface area (Å²) in [5.74, 6) is 0.620. The molecule has 0 spiro atoms. The fourth-order valence-electron chi connectivity index (χ4n) is 0.694. The van der Waals surface area contributed by atoms with E-state index in [9.17, 15) is 0 Å². The van der Waals surface area contributed by atoms with Crippen LogP contribution in [0.2, 0.25) is 0 Å². The summed E-state index contributed by atoms with van der Waals surface area (Å²) in [7, 11) is 0. The lowest BCUT2D eigenvalue weighted by Gasteiger charge is -2.08. The zero-order valence-corrected chi connectivity index (χ0v) is 6.96. The highest BCUT2D eigenvalue weighted by molar-refractivity contribution is 5.18. The molecule has 0 unspecified atom stereocenters. The van der Waals surface area contributed by atoms with Gasteiger partial charge in [0.1, 0.15) is 6.33 Å².